The third-order valence-electron chi connectivity index (χ3n) is 5.77. The predicted octanol–water partition coefficient (Wildman–Crippen LogP) is 2.00. The number of carbonyl (C=O) groups is 2. The summed E-state index contributed by atoms with van der Waals surface area (Å²) in [6, 6.07) is 12.5. The first-order valence-electron chi connectivity index (χ1n) is 10.8. The van der Waals surface area contributed by atoms with Crippen molar-refractivity contribution >= 4 is 27.5 Å². The fraction of sp³-hybridized carbons (Fsp3) is 0.391. The molecule has 2 aromatic rings. The van der Waals surface area contributed by atoms with E-state index in [1.54, 1.807) is 35.2 Å². The van der Waals surface area contributed by atoms with E-state index in [9.17, 15) is 18.0 Å². The van der Waals surface area contributed by atoms with Crippen LogP contribution in [0, 0.1) is 5.92 Å². The Morgan fingerprint density at radius 3 is 2.42 bits per heavy atom. The maximum Gasteiger partial charge on any atom is 0.253 e. The highest BCUT2D eigenvalue weighted by atomic mass is 32.2. The molecule has 4 rings (SSSR count). The first kappa shape index (κ1) is 23.1. The van der Waals surface area contributed by atoms with E-state index in [1.807, 2.05) is 12.1 Å². The van der Waals surface area contributed by atoms with Gasteiger partial charge in [0.25, 0.3) is 5.91 Å². The zero-order chi connectivity index (χ0) is 23.4. The molecule has 0 radical (unpaired) electrons. The summed E-state index contributed by atoms with van der Waals surface area (Å²) in [5.41, 5.74) is 2.19. The van der Waals surface area contributed by atoms with E-state index in [1.165, 1.54) is 0 Å². The third kappa shape index (κ3) is 6.02. The molecule has 2 aliphatic rings. The molecular weight excluding hydrogens is 446 g/mol. The second kappa shape index (κ2) is 9.80. The summed E-state index contributed by atoms with van der Waals surface area (Å²) in [5, 5.41) is 2.93. The minimum absolute atomic E-state index is 0.0620. The van der Waals surface area contributed by atoms with Crippen molar-refractivity contribution in [3.05, 3.63) is 53.6 Å². The number of ether oxygens (including phenoxy) is 2. The number of sulfonamides is 1. The predicted molar refractivity (Wildman–Crippen MR) is 123 cm³/mol. The first-order valence-corrected chi connectivity index (χ1v) is 12.7. The van der Waals surface area contributed by atoms with Gasteiger partial charge in [-0.25, -0.2) is 13.1 Å². The van der Waals surface area contributed by atoms with Crippen LogP contribution in [0.2, 0.25) is 0 Å². The number of rotatable bonds is 7. The summed E-state index contributed by atoms with van der Waals surface area (Å²) >= 11 is 0. The van der Waals surface area contributed by atoms with Gasteiger partial charge in [0.15, 0.2) is 11.5 Å². The average molecular weight is 474 g/mol. The van der Waals surface area contributed by atoms with Gasteiger partial charge in [-0.1, -0.05) is 12.1 Å². The number of anilines is 1. The minimum Gasteiger partial charge on any atom is -0.454 e. The molecule has 1 fully saturated rings. The van der Waals surface area contributed by atoms with E-state index in [0.29, 0.717) is 61.6 Å². The second-order valence-electron chi connectivity index (χ2n) is 8.24. The molecule has 0 unspecified atom stereocenters. The fourth-order valence-electron chi connectivity index (χ4n) is 3.94. The number of fused-ring (bicyclic) bond motifs is 1. The van der Waals surface area contributed by atoms with Gasteiger partial charge in [0.1, 0.15) is 0 Å². The minimum atomic E-state index is -3.21. The van der Waals surface area contributed by atoms with Gasteiger partial charge >= 0.3 is 0 Å². The van der Waals surface area contributed by atoms with Crippen LogP contribution in [0.3, 0.4) is 0 Å². The molecule has 2 heterocycles. The van der Waals surface area contributed by atoms with Crippen LogP contribution in [0.5, 0.6) is 11.5 Å². The zero-order valence-electron chi connectivity index (χ0n) is 18.4. The van der Waals surface area contributed by atoms with Crippen LogP contribution in [0.1, 0.15) is 28.8 Å². The van der Waals surface area contributed by atoms with Gasteiger partial charge in [-0.2, -0.15) is 0 Å². The molecule has 0 atom stereocenters. The zero-order valence-corrected chi connectivity index (χ0v) is 19.2. The maximum atomic E-state index is 12.8. The molecule has 0 aromatic heterocycles. The molecule has 2 amide bonds. The molecule has 0 bridgehead atoms. The van der Waals surface area contributed by atoms with E-state index in [-0.39, 0.29) is 24.5 Å². The van der Waals surface area contributed by atoms with E-state index in [0.717, 1.165) is 11.8 Å². The molecule has 0 spiro atoms. The van der Waals surface area contributed by atoms with Crippen LogP contribution in [-0.2, 0) is 21.2 Å². The van der Waals surface area contributed by atoms with E-state index >= 15 is 0 Å². The lowest BCUT2D eigenvalue weighted by atomic mass is 9.95. The van der Waals surface area contributed by atoms with Gasteiger partial charge in [0.05, 0.1) is 6.26 Å². The Morgan fingerprint density at radius 2 is 1.73 bits per heavy atom. The Morgan fingerprint density at radius 1 is 1.03 bits per heavy atom. The number of nitrogens with one attached hydrogen (secondary N) is 2. The topological polar surface area (TPSA) is 114 Å². The summed E-state index contributed by atoms with van der Waals surface area (Å²) in [7, 11) is -3.21. The highest BCUT2D eigenvalue weighted by molar-refractivity contribution is 7.88. The van der Waals surface area contributed by atoms with Crippen LogP contribution >= 0.6 is 0 Å². The lowest BCUT2D eigenvalue weighted by Crippen LogP contribution is -2.41. The molecule has 176 valence electrons. The summed E-state index contributed by atoms with van der Waals surface area (Å²) in [4.78, 5) is 27.3. The number of amides is 2. The molecule has 9 nitrogen and oxygen atoms in total. The summed E-state index contributed by atoms with van der Waals surface area (Å²) in [6.07, 6.45) is 2.86. The largest absolute Gasteiger partial charge is 0.454 e. The van der Waals surface area contributed by atoms with E-state index < -0.39 is 10.0 Å². The lowest BCUT2D eigenvalue weighted by molar-refractivity contribution is -0.121. The molecule has 10 heteroatoms. The Bertz CT molecular complexity index is 1130. The maximum absolute atomic E-state index is 12.8. The quantitative estimate of drug-likeness (QED) is 0.636. The first-order chi connectivity index (χ1) is 15.8. The van der Waals surface area contributed by atoms with Gasteiger partial charge in [-0.3, -0.25) is 9.59 Å². The van der Waals surface area contributed by atoms with Crippen molar-refractivity contribution in [2.24, 2.45) is 5.92 Å². The number of nitrogens with zero attached hydrogens (tertiary/aromatic N) is 1. The monoisotopic (exact) mass is 473 g/mol. The number of carbonyl (C=O) groups excluding carboxylic acids is 2. The molecular formula is C23H27N3O6S. The van der Waals surface area contributed by atoms with Crippen molar-refractivity contribution in [1.29, 1.82) is 0 Å². The number of benzene rings is 2. The van der Waals surface area contributed by atoms with Gasteiger partial charge in [0.2, 0.25) is 22.7 Å². The molecule has 0 saturated carbocycles. The molecule has 2 aliphatic heterocycles. The summed E-state index contributed by atoms with van der Waals surface area (Å²) in [6.45, 7) is 1.52. The number of piperidine rings is 1. The second-order valence-corrected chi connectivity index (χ2v) is 10.1. The SMILES string of the molecule is CS(=O)(=O)NCCc1ccc(C(=O)N2CCC(C(=O)Nc3ccc4c(c3)OCO4)CC2)cc1. The van der Waals surface area contributed by atoms with Crippen molar-refractivity contribution in [3.8, 4) is 11.5 Å². The Hall–Kier alpha value is -3.11. The Labute approximate surface area is 193 Å². The molecule has 0 aliphatic carbocycles. The number of hydrogen-bond acceptors (Lipinski definition) is 6. The van der Waals surface area contributed by atoms with Crippen molar-refractivity contribution in [2.45, 2.75) is 19.3 Å². The summed E-state index contributed by atoms with van der Waals surface area (Å²) in [5.74, 6) is 0.993. The standard InChI is InChI=1S/C23H27N3O6S/c1-33(29,30)24-11-8-16-2-4-18(5-3-16)23(28)26-12-9-17(10-13-26)22(27)25-19-6-7-20-21(14-19)32-15-31-20/h2-7,14,17,24H,8-13,15H2,1H3,(H,25,27). The molecule has 1 saturated heterocycles. The highest BCUT2D eigenvalue weighted by Gasteiger charge is 2.28. The Kier molecular flexibility index (Phi) is 6.85. The normalized spacial score (nSPS) is 16.0. The van der Waals surface area contributed by atoms with Crippen LogP contribution in [0.25, 0.3) is 0 Å². The van der Waals surface area contributed by atoms with E-state index in [4.69, 9.17) is 9.47 Å². The van der Waals surface area contributed by atoms with Gasteiger partial charge in [-0.15, -0.1) is 0 Å². The number of likely N-dealkylation sites (tertiary alicyclic amines) is 1. The van der Waals surface area contributed by atoms with E-state index in [2.05, 4.69) is 10.0 Å². The average Bonchev–Trinajstić information content (AvgIpc) is 3.26. The molecule has 2 aromatic carbocycles. The highest BCUT2D eigenvalue weighted by Crippen LogP contribution is 2.34. The van der Waals surface area contributed by atoms with Crippen LogP contribution in [0.4, 0.5) is 5.69 Å². The van der Waals surface area contributed by atoms with Crippen molar-refractivity contribution in [2.75, 3.05) is 38.0 Å². The number of hydrogen-bond donors (Lipinski definition) is 2. The van der Waals surface area contributed by atoms with Gasteiger partial charge in [-0.05, 0) is 49.1 Å². The lowest BCUT2D eigenvalue weighted by Gasteiger charge is -2.31. The smallest absolute Gasteiger partial charge is 0.253 e. The van der Waals surface area contributed by atoms with Gasteiger partial charge < -0.3 is 19.7 Å². The van der Waals surface area contributed by atoms with Crippen molar-refractivity contribution < 1.29 is 27.5 Å². The van der Waals surface area contributed by atoms with Crippen LogP contribution < -0.4 is 19.5 Å². The molecule has 33 heavy (non-hydrogen) atoms. The van der Waals surface area contributed by atoms with Crippen LogP contribution in [0.15, 0.2) is 42.5 Å². The fourth-order valence-corrected chi connectivity index (χ4v) is 4.41. The van der Waals surface area contributed by atoms with Crippen molar-refractivity contribution in [1.82, 2.24) is 9.62 Å². The Balaban J connectivity index is 1.26. The van der Waals surface area contributed by atoms with Crippen LogP contribution in [-0.4, -0.2) is 57.8 Å². The summed E-state index contributed by atoms with van der Waals surface area (Å²) < 4.78 is 35.4. The third-order valence-corrected chi connectivity index (χ3v) is 6.50. The van der Waals surface area contributed by atoms with Gasteiger partial charge in [0, 0.05) is 42.9 Å². The van der Waals surface area contributed by atoms with Crippen molar-refractivity contribution in [3.63, 3.8) is 0 Å². The molecule has 2 N–H and O–H groups in total.